The predicted molar refractivity (Wildman–Crippen MR) is 291 cm³/mol. The van der Waals surface area contributed by atoms with Gasteiger partial charge >= 0.3 is 0 Å². The largest absolute Gasteiger partial charge is 0.311 e. The summed E-state index contributed by atoms with van der Waals surface area (Å²) >= 11 is 5.79. The number of anilines is 6. The maximum Gasteiger partial charge on any atom is 0.254 e. The molecule has 14 rings (SSSR count). The summed E-state index contributed by atoms with van der Waals surface area (Å²) in [4.78, 5) is 10.5. The first kappa shape index (κ1) is 40.4. The molecule has 4 aliphatic heterocycles. The van der Waals surface area contributed by atoms with Crippen molar-refractivity contribution >= 4 is 101 Å². The number of benzene rings is 9. The van der Waals surface area contributed by atoms with Crippen LogP contribution < -0.4 is 26.2 Å². The Kier molecular flexibility index (Phi) is 8.85. The molecular formula is C62H45BN2S3. The van der Waals surface area contributed by atoms with Gasteiger partial charge in [-0.05, 0) is 134 Å². The molecule has 0 atom stereocenters. The smallest absolute Gasteiger partial charge is 0.254 e. The van der Waals surface area contributed by atoms with Crippen LogP contribution in [0.2, 0.25) is 0 Å². The fourth-order valence-corrected chi connectivity index (χ4v) is 15.5. The Morgan fingerprint density at radius 2 is 1.04 bits per heavy atom. The second-order valence-electron chi connectivity index (χ2n) is 19.7. The molecular weight excluding hydrogens is 880 g/mol. The Morgan fingerprint density at radius 3 is 1.71 bits per heavy atom. The van der Waals surface area contributed by atoms with E-state index >= 15 is 0 Å². The van der Waals surface area contributed by atoms with Crippen LogP contribution in [0.4, 0.5) is 33.4 Å². The normalized spacial score (nSPS) is 14.7. The number of hydrogen-bond acceptors (Lipinski definition) is 5. The molecule has 6 heteroatoms. The molecule has 0 amide bonds. The molecule has 0 saturated heterocycles. The summed E-state index contributed by atoms with van der Waals surface area (Å²) in [6, 6.07) is 76.1. The molecule has 1 spiro atoms. The fraction of sp³-hybridized carbons (Fsp3) is 0.0968. The van der Waals surface area contributed by atoms with Crippen molar-refractivity contribution in [3.05, 3.63) is 234 Å². The maximum absolute atomic E-state index is 2.63. The third-order valence-electron chi connectivity index (χ3n) is 14.8. The minimum atomic E-state index is -0.530. The van der Waals surface area contributed by atoms with Crippen LogP contribution in [0.3, 0.4) is 0 Å². The van der Waals surface area contributed by atoms with E-state index in [1.165, 1.54) is 118 Å². The van der Waals surface area contributed by atoms with E-state index in [2.05, 4.69) is 238 Å². The number of para-hydroxylation sites is 2. The predicted octanol–water partition coefficient (Wildman–Crippen LogP) is 15.6. The molecule has 4 aliphatic rings. The van der Waals surface area contributed by atoms with Crippen molar-refractivity contribution in [2.75, 3.05) is 9.80 Å². The molecule has 0 aliphatic carbocycles. The summed E-state index contributed by atoms with van der Waals surface area (Å²) in [6.07, 6.45) is 0. The Bertz CT molecular complexity index is 3660. The molecule has 0 saturated carbocycles. The first-order chi connectivity index (χ1) is 33.3. The topological polar surface area (TPSA) is 6.48 Å². The molecule has 5 heterocycles. The van der Waals surface area contributed by atoms with Gasteiger partial charge in [-0.3, -0.25) is 0 Å². The molecule has 9 aromatic carbocycles. The van der Waals surface area contributed by atoms with Gasteiger partial charge in [0.1, 0.15) is 0 Å². The summed E-state index contributed by atoms with van der Waals surface area (Å²) in [7, 11) is 0. The molecule has 0 unspecified atom stereocenters. The number of hydrogen-bond donors (Lipinski definition) is 0. The highest BCUT2D eigenvalue weighted by Crippen LogP contribution is 2.62. The zero-order valence-electron chi connectivity index (χ0n) is 38.2. The van der Waals surface area contributed by atoms with E-state index < -0.39 is 5.41 Å². The highest BCUT2D eigenvalue weighted by molar-refractivity contribution is 8.00. The van der Waals surface area contributed by atoms with Crippen molar-refractivity contribution in [3.63, 3.8) is 0 Å². The van der Waals surface area contributed by atoms with Crippen LogP contribution in [0.1, 0.15) is 54.2 Å². The Hall–Kier alpha value is -6.70. The van der Waals surface area contributed by atoms with Crippen LogP contribution in [-0.4, -0.2) is 6.71 Å². The molecule has 10 aromatic rings. The lowest BCUT2D eigenvalue weighted by molar-refractivity contribution is 0.591. The average Bonchev–Trinajstić information content (AvgIpc) is 3.74. The minimum Gasteiger partial charge on any atom is -0.311 e. The van der Waals surface area contributed by atoms with Gasteiger partial charge in [0.15, 0.2) is 0 Å². The molecule has 68 heavy (non-hydrogen) atoms. The van der Waals surface area contributed by atoms with Crippen molar-refractivity contribution < 1.29 is 0 Å². The Labute approximate surface area is 411 Å². The van der Waals surface area contributed by atoms with Crippen LogP contribution in [-0.2, 0) is 10.8 Å². The van der Waals surface area contributed by atoms with Crippen molar-refractivity contribution in [1.82, 2.24) is 0 Å². The van der Waals surface area contributed by atoms with Crippen LogP contribution in [0.5, 0.6) is 0 Å². The molecule has 0 bridgehead atoms. The van der Waals surface area contributed by atoms with Crippen molar-refractivity contribution in [1.29, 1.82) is 0 Å². The summed E-state index contributed by atoms with van der Waals surface area (Å²) < 4.78 is 1.32. The number of aryl methyl sites for hydroxylation is 1. The third-order valence-corrected chi connectivity index (χ3v) is 18.2. The number of rotatable bonds is 3. The van der Waals surface area contributed by atoms with E-state index in [4.69, 9.17) is 0 Å². The zero-order chi connectivity index (χ0) is 45.5. The molecule has 0 N–H and O–H groups in total. The molecule has 324 valence electrons. The van der Waals surface area contributed by atoms with Crippen LogP contribution >= 0.6 is 34.9 Å². The van der Waals surface area contributed by atoms with Gasteiger partial charge in [0.2, 0.25) is 0 Å². The van der Waals surface area contributed by atoms with E-state index in [0.29, 0.717) is 0 Å². The van der Waals surface area contributed by atoms with E-state index in [-0.39, 0.29) is 12.1 Å². The SMILES string of the molecule is Cc1cc2c3c(c1)N(c1ccccc1-c1ccccc1)c1sc4ccc(C(C)(C)C)cc4c1B3c1cc3c(cc1N2c1ccccc1)C1(c2ccccc2Sc2ccccc21)c1ccccc1S3. The lowest BCUT2D eigenvalue weighted by Gasteiger charge is -2.48. The van der Waals surface area contributed by atoms with Crippen LogP contribution in [0, 0.1) is 6.92 Å². The highest BCUT2D eigenvalue weighted by atomic mass is 32.2. The van der Waals surface area contributed by atoms with Gasteiger partial charge in [-0.2, -0.15) is 0 Å². The monoisotopic (exact) mass is 924 g/mol. The molecule has 0 radical (unpaired) electrons. The lowest BCUT2D eigenvalue weighted by atomic mass is 9.33. The quantitative estimate of drug-likeness (QED) is 0.163. The second kappa shape index (κ2) is 14.9. The number of thiophene rings is 1. The molecule has 1 aromatic heterocycles. The summed E-state index contributed by atoms with van der Waals surface area (Å²) in [5.74, 6) is 0. The van der Waals surface area contributed by atoms with E-state index in [9.17, 15) is 0 Å². The van der Waals surface area contributed by atoms with Crippen molar-refractivity contribution in [2.45, 2.75) is 58.1 Å². The Balaban J connectivity index is 1.13. The van der Waals surface area contributed by atoms with Crippen LogP contribution in [0.25, 0.3) is 21.2 Å². The summed E-state index contributed by atoms with van der Waals surface area (Å²) in [5.41, 5.74) is 20.0. The first-order valence-corrected chi connectivity index (χ1v) is 26.1. The lowest BCUT2D eigenvalue weighted by Crippen LogP contribution is -2.61. The maximum atomic E-state index is 2.63. The summed E-state index contributed by atoms with van der Waals surface area (Å²) in [5, 5.41) is 2.64. The summed E-state index contributed by atoms with van der Waals surface area (Å²) in [6.45, 7) is 9.28. The highest BCUT2D eigenvalue weighted by Gasteiger charge is 2.52. The fourth-order valence-electron chi connectivity index (χ4n) is 11.9. The van der Waals surface area contributed by atoms with E-state index in [0.717, 1.165) is 5.69 Å². The van der Waals surface area contributed by atoms with Gasteiger partial charge in [0.05, 0.1) is 16.1 Å². The van der Waals surface area contributed by atoms with Gasteiger partial charge in [-0.25, -0.2) is 0 Å². The molecule has 2 nitrogen and oxygen atoms in total. The average molecular weight is 925 g/mol. The Morgan fingerprint density at radius 1 is 0.471 bits per heavy atom. The van der Waals surface area contributed by atoms with Gasteiger partial charge < -0.3 is 9.80 Å². The third kappa shape index (κ3) is 5.69. The minimum absolute atomic E-state index is 0.0195. The van der Waals surface area contributed by atoms with E-state index in [1.807, 2.05) is 34.9 Å². The number of fused-ring (bicyclic) bond motifs is 14. The number of nitrogens with zero attached hydrogens (tertiary/aromatic N) is 2. The van der Waals surface area contributed by atoms with Crippen LogP contribution in [0.15, 0.2) is 220 Å². The zero-order valence-corrected chi connectivity index (χ0v) is 40.7. The second-order valence-corrected chi connectivity index (χ2v) is 22.9. The van der Waals surface area contributed by atoms with Gasteiger partial charge in [0.25, 0.3) is 6.71 Å². The molecule has 0 fully saturated rings. The standard InChI is InChI=1S/C62H45BN2S3/c1-38-33-51-59-52(34-38)65(49-27-15-11-23-42(49)39-19-7-5-8-20-39)60-58(43-35-40(61(2,3)4)31-32-53(43)68-60)63(59)48-37-57-47(36-50(48)64(51)41-21-9-6-10-22-41)62(46-26-14-18-30-56(46)67-57)44-24-12-16-28-54(44)66-55-29-17-13-25-45(55)62/h5-37H,1-4H3. The van der Waals surface area contributed by atoms with Gasteiger partial charge in [0, 0.05) is 52.6 Å². The van der Waals surface area contributed by atoms with Crippen molar-refractivity contribution in [2.24, 2.45) is 0 Å². The first-order valence-electron chi connectivity index (χ1n) is 23.6. The van der Waals surface area contributed by atoms with Gasteiger partial charge in [-0.1, -0.05) is 184 Å². The van der Waals surface area contributed by atoms with E-state index in [1.54, 1.807) is 0 Å². The van der Waals surface area contributed by atoms with Gasteiger partial charge in [-0.15, -0.1) is 11.3 Å². The van der Waals surface area contributed by atoms with Crippen molar-refractivity contribution in [3.8, 4) is 11.1 Å².